The summed E-state index contributed by atoms with van der Waals surface area (Å²) in [5.74, 6) is -0.996. The maximum absolute atomic E-state index is 13.3. The fraction of sp³-hybridized carbons (Fsp3) is 0.273. The van der Waals surface area contributed by atoms with Crippen molar-refractivity contribution in [2.75, 3.05) is 0 Å². The quantitative estimate of drug-likeness (QED) is 0.591. The van der Waals surface area contributed by atoms with Crippen molar-refractivity contribution in [2.45, 2.75) is 38.9 Å². The van der Waals surface area contributed by atoms with E-state index in [4.69, 9.17) is 0 Å². The van der Waals surface area contributed by atoms with Gasteiger partial charge in [-0.3, -0.25) is 9.59 Å². The van der Waals surface area contributed by atoms with Crippen molar-refractivity contribution in [1.82, 2.24) is 19.8 Å². The van der Waals surface area contributed by atoms with E-state index < -0.39 is 6.04 Å². The minimum atomic E-state index is -0.837. The Labute approximate surface area is 178 Å². The molecule has 0 bridgehead atoms. The van der Waals surface area contributed by atoms with Crippen molar-refractivity contribution in [3.05, 3.63) is 82.6 Å². The van der Waals surface area contributed by atoms with E-state index in [1.807, 2.05) is 44.2 Å². The predicted octanol–water partition coefficient (Wildman–Crippen LogP) is 3.98. The molecule has 8 heteroatoms. The van der Waals surface area contributed by atoms with Gasteiger partial charge in [-0.05, 0) is 48.1 Å². The van der Waals surface area contributed by atoms with Crippen LogP contribution in [0.3, 0.4) is 0 Å². The van der Waals surface area contributed by atoms with Crippen LogP contribution in [0.4, 0.5) is 4.39 Å². The molecule has 0 saturated heterocycles. The van der Waals surface area contributed by atoms with E-state index in [1.54, 1.807) is 22.4 Å². The van der Waals surface area contributed by atoms with Gasteiger partial charge in [0.25, 0.3) is 5.91 Å². The second-order valence-corrected chi connectivity index (χ2v) is 7.53. The molecule has 2 amide bonds. The number of rotatable bonds is 8. The molecule has 0 unspecified atom stereocenters. The number of amides is 2. The standard InChI is InChI=1S/C22H23FN4O2S/c1-3-15(2)27(22(29)19-14-30-26-25-19)20(17-7-5-4-6-8-17)21(28)24-13-16-9-11-18(23)12-10-16/h4-12,14-15,20H,3,13H2,1-2H3,(H,24,28)/t15-,20-/m0/s1. The molecule has 0 saturated carbocycles. The minimum absolute atomic E-state index is 0.207. The maximum Gasteiger partial charge on any atom is 0.276 e. The van der Waals surface area contributed by atoms with Crippen molar-refractivity contribution in [1.29, 1.82) is 0 Å². The molecule has 2 atom stereocenters. The summed E-state index contributed by atoms with van der Waals surface area (Å²) < 4.78 is 16.9. The SMILES string of the molecule is CC[C@H](C)N(C(=O)c1csnn1)[C@H](C(=O)NCc1ccc(F)cc1)c1ccccc1. The molecule has 6 nitrogen and oxygen atoms in total. The van der Waals surface area contributed by atoms with Crippen molar-refractivity contribution in [2.24, 2.45) is 0 Å². The summed E-state index contributed by atoms with van der Waals surface area (Å²) >= 11 is 1.09. The van der Waals surface area contributed by atoms with Gasteiger partial charge in [-0.2, -0.15) is 0 Å². The van der Waals surface area contributed by atoms with Crippen molar-refractivity contribution < 1.29 is 14.0 Å². The van der Waals surface area contributed by atoms with Crippen molar-refractivity contribution >= 4 is 23.3 Å². The summed E-state index contributed by atoms with van der Waals surface area (Å²) in [6.45, 7) is 4.09. The first-order valence-corrected chi connectivity index (χ1v) is 10.5. The lowest BCUT2D eigenvalue weighted by atomic mass is 10.0. The topological polar surface area (TPSA) is 75.2 Å². The normalized spacial score (nSPS) is 12.8. The third-order valence-corrected chi connectivity index (χ3v) is 5.41. The Bertz CT molecular complexity index is 965. The number of benzene rings is 2. The van der Waals surface area contributed by atoms with E-state index in [1.165, 1.54) is 12.1 Å². The Morgan fingerprint density at radius 2 is 1.83 bits per heavy atom. The molecule has 0 spiro atoms. The monoisotopic (exact) mass is 426 g/mol. The summed E-state index contributed by atoms with van der Waals surface area (Å²) in [5, 5.41) is 8.37. The number of nitrogens with one attached hydrogen (secondary N) is 1. The number of halogens is 1. The lowest BCUT2D eigenvalue weighted by molar-refractivity contribution is -0.126. The van der Waals surface area contributed by atoms with E-state index >= 15 is 0 Å². The van der Waals surface area contributed by atoms with Crippen LogP contribution in [-0.2, 0) is 11.3 Å². The molecule has 0 fully saturated rings. The van der Waals surface area contributed by atoms with Crippen LogP contribution in [0.1, 0.15) is 47.9 Å². The largest absolute Gasteiger partial charge is 0.350 e. The zero-order valence-electron chi connectivity index (χ0n) is 16.8. The van der Waals surface area contributed by atoms with E-state index in [-0.39, 0.29) is 35.9 Å². The molecule has 1 heterocycles. The van der Waals surface area contributed by atoms with Crippen LogP contribution in [0.2, 0.25) is 0 Å². The van der Waals surface area contributed by atoms with Crippen LogP contribution in [0.25, 0.3) is 0 Å². The van der Waals surface area contributed by atoms with Crippen LogP contribution < -0.4 is 5.32 Å². The van der Waals surface area contributed by atoms with Gasteiger partial charge >= 0.3 is 0 Å². The molecule has 30 heavy (non-hydrogen) atoms. The second kappa shape index (κ2) is 10.1. The summed E-state index contributed by atoms with van der Waals surface area (Å²) in [7, 11) is 0. The number of carbonyl (C=O) groups is 2. The molecule has 0 radical (unpaired) electrons. The average molecular weight is 427 g/mol. The molecule has 2 aromatic carbocycles. The molecule has 0 aliphatic carbocycles. The van der Waals surface area contributed by atoms with Gasteiger partial charge in [0.1, 0.15) is 11.9 Å². The zero-order chi connectivity index (χ0) is 21.5. The Hall–Kier alpha value is -3.13. The molecule has 3 rings (SSSR count). The second-order valence-electron chi connectivity index (χ2n) is 6.92. The molecule has 156 valence electrons. The van der Waals surface area contributed by atoms with Crippen LogP contribution >= 0.6 is 11.5 Å². The third-order valence-electron chi connectivity index (χ3n) is 4.90. The highest BCUT2D eigenvalue weighted by Crippen LogP contribution is 2.27. The fourth-order valence-corrected chi connectivity index (χ4v) is 3.55. The smallest absolute Gasteiger partial charge is 0.276 e. The van der Waals surface area contributed by atoms with Crippen LogP contribution in [0, 0.1) is 5.82 Å². The fourth-order valence-electron chi connectivity index (χ4n) is 3.12. The van der Waals surface area contributed by atoms with Crippen molar-refractivity contribution in [3.63, 3.8) is 0 Å². The first-order valence-electron chi connectivity index (χ1n) is 9.68. The lowest BCUT2D eigenvalue weighted by Gasteiger charge is -2.35. The highest BCUT2D eigenvalue weighted by atomic mass is 32.1. The summed E-state index contributed by atoms with van der Waals surface area (Å²) in [4.78, 5) is 28.1. The maximum atomic E-state index is 13.3. The van der Waals surface area contributed by atoms with Gasteiger partial charge in [0.2, 0.25) is 5.91 Å². The highest BCUT2D eigenvalue weighted by molar-refractivity contribution is 7.03. The highest BCUT2D eigenvalue weighted by Gasteiger charge is 2.35. The van der Waals surface area contributed by atoms with Gasteiger partial charge in [-0.25, -0.2) is 4.39 Å². The molecule has 3 aromatic rings. The summed E-state index contributed by atoms with van der Waals surface area (Å²) in [6, 6.07) is 14.1. The Morgan fingerprint density at radius 1 is 1.13 bits per heavy atom. The van der Waals surface area contributed by atoms with Crippen LogP contribution in [-0.4, -0.2) is 32.3 Å². The first kappa shape index (κ1) is 21.6. The van der Waals surface area contributed by atoms with Crippen molar-refractivity contribution in [3.8, 4) is 0 Å². The minimum Gasteiger partial charge on any atom is -0.350 e. The van der Waals surface area contributed by atoms with E-state index in [2.05, 4.69) is 14.9 Å². The predicted molar refractivity (Wildman–Crippen MR) is 113 cm³/mol. The van der Waals surface area contributed by atoms with Gasteiger partial charge < -0.3 is 10.2 Å². The molecule has 1 aromatic heterocycles. The van der Waals surface area contributed by atoms with Gasteiger partial charge in [0.05, 0.1) is 0 Å². The van der Waals surface area contributed by atoms with Gasteiger partial charge in [-0.1, -0.05) is 53.9 Å². The van der Waals surface area contributed by atoms with Gasteiger partial charge in [0, 0.05) is 18.0 Å². The van der Waals surface area contributed by atoms with E-state index in [9.17, 15) is 14.0 Å². The van der Waals surface area contributed by atoms with Crippen LogP contribution in [0.5, 0.6) is 0 Å². The van der Waals surface area contributed by atoms with Gasteiger partial charge in [0.15, 0.2) is 5.69 Å². The third kappa shape index (κ3) is 5.07. The lowest BCUT2D eigenvalue weighted by Crippen LogP contribution is -2.47. The number of hydrogen-bond donors (Lipinski definition) is 1. The Balaban J connectivity index is 1.92. The number of nitrogens with zero attached hydrogens (tertiary/aromatic N) is 3. The number of aromatic nitrogens is 2. The molecule has 0 aliphatic heterocycles. The average Bonchev–Trinajstić information content (AvgIpc) is 3.31. The van der Waals surface area contributed by atoms with E-state index in [0.29, 0.717) is 12.0 Å². The summed E-state index contributed by atoms with van der Waals surface area (Å²) in [5.41, 5.74) is 1.68. The Kier molecular flexibility index (Phi) is 7.24. The zero-order valence-corrected chi connectivity index (χ0v) is 17.6. The summed E-state index contributed by atoms with van der Waals surface area (Å²) in [6.07, 6.45) is 0.665. The van der Waals surface area contributed by atoms with Gasteiger partial charge in [-0.15, -0.1) is 5.10 Å². The van der Waals surface area contributed by atoms with Crippen LogP contribution in [0.15, 0.2) is 60.0 Å². The molecular weight excluding hydrogens is 403 g/mol. The molecule has 1 N–H and O–H groups in total. The Morgan fingerprint density at radius 3 is 2.43 bits per heavy atom. The number of hydrogen-bond acceptors (Lipinski definition) is 5. The molecular formula is C22H23FN4O2S. The first-order chi connectivity index (χ1) is 14.5. The number of carbonyl (C=O) groups excluding carboxylic acids is 2. The molecule has 0 aliphatic rings. The van der Waals surface area contributed by atoms with E-state index in [0.717, 1.165) is 17.1 Å².